The average Bonchev–Trinajstić information content (AvgIpc) is 2.38. The van der Waals surface area contributed by atoms with Crippen molar-refractivity contribution >= 4 is 5.69 Å². The highest BCUT2D eigenvalue weighted by Gasteiger charge is 2.72. The molecule has 7 heteroatoms. The van der Waals surface area contributed by atoms with E-state index in [9.17, 15) is 26.3 Å². The van der Waals surface area contributed by atoms with E-state index in [1.165, 1.54) is 18.2 Å². The Hall–Kier alpha value is -2.18. The van der Waals surface area contributed by atoms with Gasteiger partial charge >= 0.3 is 12.4 Å². The fraction of sp³-hybridized carbons (Fsp3) is 0.250. The van der Waals surface area contributed by atoms with E-state index in [2.05, 4.69) is 0 Å². The molecular weight excluding hydrogens is 320 g/mol. The summed E-state index contributed by atoms with van der Waals surface area (Å²) in [4.78, 5) is 0. The smallest absolute Gasteiger partial charge is 0.399 e. The van der Waals surface area contributed by atoms with Crippen LogP contribution in [0.25, 0.3) is 0 Å². The van der Waals surface area contributed by atoms with Crippen LogP contribution in [0.5, 0.6) is 0 Å². The molecule has 0 saturated carbocycles. The molecule has 1 nitrogen and oxygen atoms in total. The van der Waals surface area contributed by atoms with E-state index in [1.54, 1.807) is 6.92 Å². The Bertz CT molecular complexity index is 671. The van der Waals surface area contributed by atoms with Crippen LogP contribution in [0.4, 0.5) is 32.0 Å². The van der Waals surface area contributed by atoms with E-state index < -0.39 is 28.9 Å². The van der Waals surface area contributed by atoms with Crippen molar-refractivity contribution in [3.05, 3.63) is 65.2 Å². The molecule has 124 valence electrons. The predicted octanol–water partition coefficient (Wildman–Crippen LogP) is 4.99. The van der Waals surface area contributed by atoms with E-state index in [1.807, 2.05) is 0 Å². The van der Waals surface area contributed by atoms with Crippen LogP contribution in [0.1, 0.15) is 16.7 Å². The lowest BCUT2D eigenvalue weighted by Crippen LogP contribution is -2.54. The standard InChI is InChI=1S/C16H13F6N/c1-10-5-7-11(8-6-10)14(15(17,18)19,16(20,21)22)12-3-2-4-13(23)9-12/h2-9H,23H2,1H3. The van der Waals surface area contributed by atoms with E-state index in [4.69, 9.17) is 5.73 Å². The van der Waals surface area contributed by atoms with Crippen molar-refractivity contribution in [2.24, 2.45) is 0 Å². The summed E-state index contributed by atoms with van der Waals surface area (Å²) in [6, 6.07) is 7.93. The molecule has 0 unspecified atom stereocenters. The molecule has 0 atom stereocenters. The van der Waals surface area contributed by atoms with Crippen molar-refractivity contribution in [2.45, 2.75) is 24.7 Å². The first kappa shape index (κ1) is 17.2. The minimum Gasteiger partial charge on any atom is -0.399 e. The Balaban J connectivity index is 2.90. The maximum absolute atomic E-state index is 13.7. The van der Waals surface area contributed by atoms with Crippen LogP contribution < -0.4 is 5.73 Å². The minimum atomic E-state index is -5.59. The van der Waals surface area contributed by atoms with Gasteiger partial charge in [0.2, 0.25) is 5.41 Å². The Kier molecular flexibility index (Phi) is 4.09. The largest absolute Gasteiger partial charge is 0.411 e. The van der Waals surface area contributed by atoms with Gasteiger partial charge in [0.05, 0.1) is 0 Å². The van der Waals surface area contributed by atoms with E-state index in [0.29, 0.717) is 11.6 Å². The molecule has 0 amide bonds. The Morgan fingerprint density at radius 1 is 0.739 bits per heavy atom. The number of hydrogen-bond donors (Lipinski definition) is 1. The molecule has 2 rings (SSSR count). The van der Waals surface area contributed by atoms with Crippen LogP contribution in [0.3, 0.4) is 0 Å². The number of aryl methyl sites for hydroxylation is 1. The fourth-order valence-electron chi connectivity index (χ4n) is 2.56. The van der Waals surface area contributed by atoms with Gasteiger partial charge in [0.1, 0.15) is 0 Å². The molecule has 2 N–H and O–H groups in total. The van der Waals surface area contributed by atoms with Crippen LogP contribution in [0, 0.1) is 6.92 Å². The van der Waals surface area contributed by atoms with Crippen LogP contribution in [-0.4, -0.2) is 12.4 Å². The molecule has 0 heterocycles. The lowest BCUT2D eigenvalue weighted by Gasteiger charge is -2.38. The molecule has 23 heavy (non-hydrogen) atoms. The zero-order valence-corrected chi connectivity index (χ0v) is 12.0. The molecule has 0 aromatic heterocycles. The maximum atomic E-state index is 13.7. The Morgan fingerprint density at radius 2 is 1.26 bits per heavy atom. The summed E-state index contributed by atoms with van der Waals surface area (Å²) >= 11 is 0. The third-order valence-corrected chi connectivity index (χ3v) is 3.65. The fourth-order valence-corrected chi connectivity index (χ4v) is 2.56. The molecule has 0 fully saturated rings. The molecular formula is C16H13F6N. The summed E-state index contributed by atoms with van der Waals surface area (Å²) in [5.74, 6) is 0. The molecule has 2 aromatic carbocycles. The van der Waals surface area contributed by atoms with Crippen molar-refractivity contribution < 1.29 is 26.3 Å². The topological polar surface area (TPSA) is 26.0 Å². The van der Waals surface area contributed by atoms with Crippen molar-refractivity contribution in [2.75, 3.05) is 5.73 Å². The van der Waals surface area contributed by atoms with Gasteiger partial charge in [-0.05, 0) is 30.2 Å². The second kappa shape index (κ2) is 5.47. The summed E-state index contributed by atoms with van der Waals surface area (Å²) in [6.45, 7) is 1.58. The summed E-state index contributed by atoms with van der Waals surface area (Å²) in [6.07, 6.45) is -11.2. The second-order valence-corrected chi connectivity index (χ2v) is 5.24. The zero-order valence-electron chi connectivity index (χ0n) is 12.0. The molecule has 0 radical (unpaired) electrons. The number of halogens is 6. The van der Waals surface area contributed by atoms with E-state index in [0.717, 1.165) is 24.3 Å². The predicted molar refractivity (Wildman–Crippen MR) is 74.9 cm³/mol. The van der Waals surface area contributed by atoms with Gasteiger partial charge < -0.3 is 5.73 Å². The normalized spacial score (nSPS) is 13.2. The average molecular weight is 333 g/mol. The van der Waals surface area contributed by atoms with Crippen LogP contribution >= 0.6 is 0 Å². The number of benzene rings is 2. The van der Waals surface area contributed by atoms with Gasteiger partial charge in [0.15, 0.2) is 0 Å². The summed E-state index contributed by atoms with van der Waals surface area (Å²) < 4.78 is 82.3. The van der Waals surface area contributed by atoms with Crippen molar-refractivity contribution in [3.63, 3.8) is 0 Å². The lowest BCUT2D eigenvalue weighted by atomic mass is 9.72. The highest BCUT2D eigenvalue weighted by Crippen LogP contribution is 2.56. The number of hydrogen-bond acceptors (Lipinski definition) is 1. The third-order valence-electron chi connectivity index (χ3n) is 3.65. The Morgan fingerprint density at radius 3 is 1.70 bits per heavy atom. The summed E-state index contributed by atoms with van der Waals surface area (Å²) in [5.41, 5.74) is -0.197. The Labute approximate surface area is 128 Å². The van der Waals surface area contributed by atoms with Gasteiger partial charge in [-0.2, -0.15) is 26.3 Å². The molecule has 2 aromatic rings. The van der Waals surface area contributed by atoms with Gasteiger partial charge in [0.25, 0.3) is 0 Å². The highest BCUT2D eigenvalue weighted by molar-refractivity contribution is 5.50. The first-order valence-corrected chi connectivity index (χ1v) is 6.57. The molecule has 0 bridgehead atoms. The summed E-state index contributed by atoms with van der Waals surface area (Å²) in [7, 11) is 0. The van der Waals surface area contributed by atoms with Crippen molar-refractivity contribution in [3.8, 4) is 0 Å². The first-order chi connectivity index (χ1) is 10.5. The third kappa shape index (κ3) is 2.75. The molecule has 0 aliphatic rings. The number of anilines is 1. The van der Waals surface area contributed by atoms with Crippen molar-refractivity contribution in [1.29, 1.82) is 0 Å². The number of nitrogens with two attached hydrogens (primary N) is 1. The van der Waals surface area contributed by atoms with Gasteiger partial charge in [-0.25, -0.2) is 0 Å². The first-order valence-electron chi connectivity index (χ1n) is 6.57. The van der Waals surface area contributed by atoms with Crippen LogP contribution in [-0.2, 0) is 5.41 Å². The van der Waals surface area contributed by atoms with Crippen molar-refractivity contribution in [1.82, 2.24) is 0 Å². The second-order valence-electron chi connectivity index (χ2n) is 5.24. The summed E-state index contributed by atoms with van der Waals surface area (Å²) in [5, 5.41) is 0. The van der Waals surface area contributed by atoms with E-state index >= 15 is 0 Å². The lowest BCUT2D eigenvalue weighted by molar-refractivity contribution is -0.288. The van der Waals surface area contributed by atoms with E-state index in [-0.39, 0.29) is 5.69 Å². The molecule has 0 saturated heterocycles. The molecule has 0 spiro atoms. The van der Waals surface area contributed by atoms with Gasteiger partial charge in [-0.3, -0.25) is 0 Å². The minimum absolute atomic E-state index is 0.174. The SMILES string of the molecule is Cc1ccc(C(c2cccc(N)c2)(C(F)(F)F)C(F)(F)F)cc1. The number of alkyl halides is 6. The maximum Gasteiger partial charge on any atom is 0.411 e. The number of rotatable bonds is 2. The van der Waals surface area contributed by atoms with Crippen LogP contribution in [0.2, 0.25) is 0 Å². The van der Waals surface area contributed by atoms with Gasteiger partial charge in [-0.1, -0.05) is 42.0 Å². The van der Waals surface area contributed by atoms with Gasteiger partial charge in [0, 0.05) is 5.69 Å². The monoisotopic (exact) mass is 333 g/mol. The van der Waals surface area contributed by atoms with Crippen LogP contribution in [0.15, 0.2) is 48.5 Å². The molecule has 0 aliphatic heterocycles. The van der Waals surface area contributed by atoms with Gasteiger partial charge in [-0.15, -0.1) is 0 Å². The quantitative estimate of drug-likeness (QED) is 0.608. The highest BCUT2D eigenvalue weighted by atomic mass is 19.4. The number of nitrogen functional groups attached to an aromatic ring is 1. The molecule has 0 aliphatic carbocycles. The zero-order chi connectivity index (χ0) is 17.5.